The Bertz CT molecular complexity index is 573. The summed E-state index contributed by atoms with van der Waals surface area (Å²) < 4.78 is 0. The molecule has 0 bridgehead atoms. The Kier molecular flexibility index (Phi) is 2.62. The number of benzene rings is 1. The van der Waals surface area contributed by atoms with Crippen LogP contribution in [0.15, 0.2) is 30.6 Å². The van der Waals surface area contributed by atoms with Crippen molar-refractivity contribution in [3.05, 3.63) is 30.6 Å². The number of hydrogen-bond acceptors (Lipinski definition) is 3. The van der Waals surface area contributed by atoms with Crippen molar-refractivity contribution in [1.29, 1.82) is 0 Å². The smallest absolute Gasteiger partial charge is 0.0437 e. The maximum Gasteiger partial charge on any atom is 0.0437 e. The van der Waals surface area contributed by atoms with Gasteiger partial charge < -0.3 is 11.1 Å². The zero-order chi connectivity index (χ0) is 12.6. The van der Waals surface area contributed by atoms with E-state index in [1.165, 1.54) is 19.3 Å². The molecule has 3 nitrogen and oxygen atoms in total. The molecule has 94 valence electrons. The summed E-state index contributed by atoms with van der Waals surface area (Å²) in [6.45, 7) is 3.38. The van der Waals surface area contributed by atoms with Crippen molar-refractivity contribution in [2.75, 3.05) is 17.6 Å². The van der Waals surface area contributed by atoms with E-state index in [0.717, 1.165) is 28.7 Å². The van der Waals surface area contributed by atoms with Gasteiger partial charge in [0.05, 0.1) is 0 Å². The number of rotatable bonds is 3. The second-order valence-corrected chi connectivity index (χ2v) is 5.64. The number of nitrogens with zero attached hydrogens (tertiary/aromatic N) is 1. The molecule has 0 spiro atoms. The molecular formula is C15H19N3. The van der Waals surface area contributed by atoms with Crippen LogP contribution >= 0.6 is 0 Å². The Morgan fingerprint density at radius 2 is 2.11 bits per heavy atom. The van der Waals surface area contributed by atoms with Gasteiger partial charge in [0.1, 0.15) is 0 Å². The second kappa shape index (κ2) is 4.16. The number of nitrogen functional groups attached to an aromatic ring is 1. The van der Waals surface area contributed by atoms with Crippen molar-refractivity contribution < 1.29 is 0 Å². The average Bonchev–Trinajstić information content (AvgIpc) is 2.36. The van der Waals surface area contributed by atoms with Crippen molar-refractivity contribution in [3.63, 3.8) is 0 Å². The molecule has 3 N–H and O–H groups in total. The normalized spacial score (nSPS) is 17.4. The van der Waals surface area contributed by atoms with E-state index in [4.69, 9.17) is 5.73 Å². The third-order valence-electron chi connectivity index (χ3n) is 4.12. The van der Waals surface area contributed by atoms with E-state index in [1.807, 2.05) is 18.3 Å². The molecule has 2 aromatic rings. The first-order chi connectivity index (χ1) is 8.68. The third-order valence-corrected chi connectivity index (χ3v) is 4.12. The second-order valence-electron chi connectivity index (χ2n) is 5.64. The molecule has 0 radical (unpaired) electrons. The largest absolute Gasteiger partial charge is 0.398 e. The van der Waals surface area contributed by atoms with E-state index in [-0.39, 0.29) is 0 Å². The lowest BCUT2D eigenvalue weighted by Crippen LogP contribution is -2.33. The SMILES string of the molecule is CC1(CNc2ccc(N)c3ccncc23)CCC1. The molecule has 1 aliphatic rings. The van der Waals surface area contributed by atoms with Crippen molar-refractivity contribution in [3.8, 4) is 0 Å². The number of aromatic nitrogens is 1. The fraction of sp³-hybridized carbons (Fsp3) is 0.400. The van der Waals surface area contributed by atoms with E-state index >= 15 is 0 Å². The molecule has 3 heteroatoms. The van der Waals surface area contributed by atoms with E-state index in [0.29, 0.717) is 5.41 Å². The van der Waals surface area contributed by atoms with Crippen LogP contribution in [0.4, 0.5) is 11.4 Å². The van der Waals surface area contributed by atoms with Gasteiger partial charge in [0.15, 0.2) is 0 Å². The fourth-order valence-electron chi connectivity index (χ4n) is 2.63. The molecule has 0 aliphatic heterocycles. The van der Waals surface area contributed by atoms with Gasteiger partial charge in [-0.05, 0) is 36.5 Å². The first-order valence-corrected chi connectivity index (χ1v) is 6.54. The number of nitrogens with one attached hydrogen (secondary N) is 1. The van der Waals surface area contributed by atoms with E-state index < -0.39 is 0 Å². The minimum absolute atomic E-state index is 0.468. The highest BCUT2D eigenvalue weighted by Gasteiger charge is 2.31. The molecule has 0 amide bonds. The maximum atomic E-state index is 5.99. The number of hydrogen-bond donors (Lipinski definition) is 2. The van der Waals surface area contributed by atoms with Gasteiger partial charge in [-0.15, -0.1) is 0 Å². The zero-order valence-corrected chi connectivity index (χ0v) is 10.7. The lowest BCUT2D eigenvalue weighted by Gasteiger charge is -2.38. The molecule has 1 aliphatic carbocycles. The van der Waals surface area contributed by atoms with Crippen LogP contribution in [0.25, 0.3) is 10.8 Å². The minimum Gasteiger partial charge on any atom is -0.398 e. The number of fused-ring (bicyclic) bond motifs is 1. The molecule has 0 atom stereocenters. The van der Waals surface area contributed by atoms with Crippen LogP contribution in [0.1, 0.15) is 26.2 Å². The Morgan fingerprint density at radius 3 is 2.83 bits per heavy atom. The zero-order valence-electron chi connectivity index (χ0n) is 10.7. The van der Waals surface area contributed by atoms with Crippen LogP contribution in [0.2, 0.25) is 0 Å². The molecule has 3 rings (SSSR count). The lowest BCUT2D eigenvalue weighted by molar-refractivity contribution is 0.180. The van der Waals surface area contributed by atoms with Gasteiger partial charge in [-0.2, -0.15) is 0 Å². The summed E-state index contributed by atoms with van der Waals surface area (Å²) in [5.74, 6) is 0. The van der Waals surface area contributed by atoms with Gasteiger partial charge in [0.25, 0.3) is 0 Å². The molecule has 1 aromatic heterocycles. The molecule has 1 saturated carbocycles. The molecule has 1 fully saturated rings. The van der Waals surface area contributed by atoms with E-state index in [1.54, 1.807) is 6.20 Å². The fourth-order valence-corrected chi connectivity index (χ4v) is 2.63. The van der Waals surface area contributed by atoms with Crippen molar-refractivity contribution in [1.82, 2.24) is 4.98 Å². The van der Waals surface area contributed by atoms with Crippen LogP contribution in [-0.4, -0.2) is 11.5 Å². The Morgan fingerprint density at radius 1 is 1.28 bits per heavy atom. The van der Waals surface area contributed by atoms with Crippen LogP contribution in [-0.2, 0) is 0 Å². The summed E-state index contributed by atoms with van der Waals surface area (Å²) >= 11 is 0. The van der Waals surface area contributed by atoms with Crippen LogP contribution in [0.3, 0.4) is 0 Å². The van der Waals surface area contributed by atoms with Crippen molar-refractivity contribution >= 4 is 22.1 Å². The molecule has 1 aromatic carbocycles. The average molecular weight is 241 g/mol. The first-order valence-electron chi connectivity index (χ1n) is 6.54. The summed E-state index contributed by atoms with van der Waals surface area (Å²) in [5, 5.41) is 5.75. The van der Waals surface area contributed by atoms with Gasteiger partial charge in [-0.25, -0.2) is 0 Å². The van der Waals surface area contributed by atoms with E-state index in [2.05, 4.69) is 23.3 Å². The summed E-state index contributed by atoms with van der Waals surface area (Å²) in [5.41, 5.74) is 8.41. The summed E-state index contributed by atoms with van der Waals surface area (Å²) in [7, 11) is 0. The summed E-state index contributed by atoms with van der Waals surface area (Å²) in [6, 6.07) is 6.00. The molecule has 0 saturated heterocycles. The van der Waals surface area contributed by atoms with Crippen LogP contribution < -0.4 is 11.1 Å². The van der Waals surface area contributed by atoms with Crippen LogP contribution in [0, 0.1) is 5.41 Å². The van der Waals surface area contributed by atoms with Crippen LogP contribution in [0.5, 0.6) is 0 Å². The highest BCUT2D eigenvalue weighted by Crippen LogP contribution is 2.40. The molecule has 0 unspecified atom stereocenters. The highest BCUT2D eigenvalue weighted by atomic mass is 14.9. The van der Waals surface area contributed by atoms with E-state index in [9.17, 15) is 0 Å². The number of anilines is 2. The van der Waals surface area contributed by atoms with Crippen molar-refractivity contribution in [2.24, 2.45) is 5.41 Å². The summed E-state index contributed by atoms with van der Waals surface area (Å²) in [6.07, 6.45) is 7.69. The molecule has 1 heterocycles. The lowest BCUT2D eigenvalue weighted by atomic mass is 9.70. The highest BCUT2D eigenvalue weighted by molar-refractivity contribution is 6.00. The first kappa shape index (κ1) is 11.3. The Hall–Kier alpha value is -1.77. The maximum absolute atomic E-state index is 5.99. The molecule has 18 heavy (non-hydrogen) atoms. The van der Waals surface area contributed by atoms with Gasteiger partial charge in [-0.1, -0.05) is 13.3 Å². The van der Waals surface area contributed by atoms with Gasteiger partial charge >= 0.3 is 0 Å². The van der Waals surface area contributed by atoms with Crippen molar-refractivity contribution in [2.45, 2.75) is 26.2 Å². The minimum atomic E-state index is 0.468. The predicted molar refractivity (Wildman–Crippen MR) is 76.6 cm³/mol. The number of pyridine rings is 1. The molecular weight excluding hydrogens is 222 g/mol. The Balaban J connectivity index is 1.90. The monoisotopic (exact) mass is 241 g/mol. The van der Waals surface area contributed by atoms with Gasteiger partial charge in [-0.3, -0.25) is 4.98 Å². The quantitative estimate of drug-likeness (QED) is 0.809. The Labute approximate surface area is 107 Å². The van der Waals surface area contributed by atoms with Gasteiger partial charge in [0, 0.05) is 41.1 Å². The predicted octanol–water partition coefficient (Wildman–Crippen LogP) is 3.42. The number of nitrogens with two attached hydrogens (primary N) is 1. The third kappa shape index (κ3) is 1.90. The summed E-state index contributed by atoms with van der Waals surface area (Å²) in [4.78, 5) is 4.20. The van der Waals surface area contributed by atoms with Gasteiger partial charge in [0.2, 0.25) is 0 Å². The standard InChI is InChI=1S/C15H19N3/c1-15(6-2-7-15)10-18-14-4-3-13(16)11-5-8-17-9-12(11)14/h3-5,8-9,18H,2,6-7,10,16H2,1H3. The topological polar surface area (TPSA) is 50.9 Å².